The van der Waals surface area contributed by atoms with Gasteiger partial charge in [-0.1, -0.05) is 11.6 Å². The molecule has 0 radical (unpaired) electrons. The van der Waals surface area contributed by atoms with Gasteiger partial charge < -0.3 is 14.8 Å². The highest BCUT2D eigenvalue weighted by Crippen LogP contribution is 2.19. The number of rotatable bonds is 5. The minimum absolute atomic E-state index is 0.229. The van der Waals surface area contributed by atoms with Gasteiger partial charge in [-0.05, 0) is 55.5 Å². The monoisotopic (exact) mass is 305 g/mol. The van der Waals surface area contributed by atoms with Crippen molar-refractivity contribution in [3.8, 4) is 11.5 Å². The number of benzene rings is 2. The van der Waals surface area contributed by atoms with Crippen LogP contribution in [0.15, 0.2) is 48.5 Å². The third-order valence-electron chi connectivity index (χ3n) is 2.85. The molecule has 0 aromatic heterocycles. The second kappa shape index (κ2) is 6.99. The van der Waals surface area contributed by atoms with E-state index in [1.54, 1.807) is 62.6 Å². The van der Waals surface area contributed by atoms with Gasteiger partial charge in [0.15, 0.2) is 6.10 Å². The Labute approximate surface area is 128 Å². The van der Waals surface area contributed by atoms with Crippen molar-refractivity contribution in [1.29, 1.82) is 0 Å². The standard InChI is InChI=1S/C16H16ClNO3/c1-11(21-15-9-7-14(20-2)8-10-15)16(19)18-13-5-3-12(17)4-6-13/h3-11H,1-2H3,(H,18,19)/t11-/m0/s1. The van der Waals surface area contributed by atoms with Crippen molar-refractivity contribution in [2.24, 2.45) is 0 Å². The van der Waals surface area contributed by atoms with Gasteiger partial charge in [-0.15, -0.1) is 0 Å². The van der Waals surface area contributed by atoms with Crippen LogP contribution in [0.2, 0.25) is 5.02 Å². The summed E-state index contributed by atoms with van der Waals surface area (Å²) < 4.78 is 10.6. The molecule has 0 saturated carbocycles. The fourth-order valence-electron chi connectivity index (χ4n) is 1.69. The predicted molar refractivity (Wildman–Crippen MR) is 83.2 cm³/mol. The van der Waals surface area contributed by atoms with Crippen LogP contribution in [0.25, 0.3) is 0 Å². The second-order valence-electron chi connectivity index (χ2n) is 4.43. The van der Waals surface area contributed by atoms with Gasteiger partial charge in [0.1, 0.15) is 11.5 Å². The van der Waals surface area contributed by atoms with Crippen molar-refractivity contribution in [3.63, 3.8) is 0 Å². The van der Waals surface area contributed by atoms with Crippen molar-refractivity contribution in [3.05, 3.63) is 53.6 Å². The Morgan fingerprint density at radius 2 is 1.62 bits per heavy atom. The first-order valence-corrected chi connectivity index (χ1v) is 6.83. The molecule has 0 aliphatic rings. The van der Waals surface area contributed by atoms with Crippen LogP contribution in [0.4, 0.5) is 5.69 Å². The van der Waals surface area contributed by atoms with E-state index in [-0.39, 0.29) is 5.91 Å². The molecule has 0 aliphatic heterocycles. The number of methoxy groups -OCH3 is 1. The molecule has 1 N–H and O–H groups in total. The summed E-state index contributed by atoms with van der Waals surface area (Å²) >= 11 is 5.80. The van der Waals surface area contributed by atoms with Crippen molar-refractivity contribution in [2.75, 3.05) is 12.4 Å². The van der Waals surface area contributed by atoms with Crippen LogP contribution in [0.5, 0.6) is 11.5 Å². The molecular formula is C16H16ClNO3. The lowest BCUT2D eigenvalue weighted by Gasteiger charge is -2.15. The summed E-state index contributed by atoms with van der Waals surface area (Å²) in [5, 5.41) is 3.39. The van der Waals surface area contributed by atoms with E-state index in [0.717, 1.165) is 5.75 Å². The van der Waals surface area contributed by atoms with Crippen LogP contribution in [-0.4, -0.2) is 19.1 Å². The minimum atomic E-state index is -0.617. The summed E-state index contributed by atoms with van der Waals surface area (Å²) in [4.78, 5) is 12.0. The zero-order valence-corrected chi connectivity index (χ0v) is 12.6. The second-order valence-corrected chi connectivity index (χ2v) is 4.87. The minimum Gasteiger partial charge on any atom is -0.497 e. The lowest BCUT2D eigenvalue weighted by atomic mass is 10.3. The van der Waals surface area contributed by atoms with Crippen molar-refractivity contribution in [2.45, 2.75) is 13.0 Å². The van der Waals surface area contributed by atoms with E-state index in [2.05, 4.69) is 5.32 Å². The molecule has 1 amide bonds. The Bertz CT molecular complexity index is 596. The van der Waals surface area contributed by atoms with Crippen LogP contribution in [0.1, 0.15) is 6.92 Å². The molecule has 110 valence electrons. The first kappa shape index (κ1) is 15.2. The fraction of sp³-hybridized carbons (Fsp3) is 0.188. The number of nitrogens with one attached hydrogen (secondary N) is 1. The molecule has 0 fully saturated rings. The SMILES string of the molecule is COc1ccc(O[C@@H](C)C(=O)Nc2ccc(Cl)cc2)cc1. The summed E-state index contributed by atoms with van der Waals surface area (Å²) in [6, 6.07) is 14.0. The number of carbonyl (C=O) groups is 1. The normalized spacial score (nSPS) is 11.6. The number of hydrogen-bond donors (Lipinski definition) is 1. The van der Waals surface area contributed by atoms with Crippen molar-refractivity contribution >= 4 is 23.2 Å². The number of ether oxygens (including phenoxy) is 2. The summed E-state index contributed by atoms with van der Waals surface area (Å²) in [6.45, 7) is 1.69. The van der Waals surface area contributed by atoms with Gasteiger partial charge in [-0.3, -0.25) is 4.79 Å². The van der Waals surface area contributed by atoms with E-state index < -0.39 is 6.10 Å². The average Bonchev–Trinajstić information content (AvgIpc) is 2.50. The Morgan fingerprint density at radius 3 is 2.19 bits per heavy atom. The van der Waals surface area contributed by atoms with Crippen LogP contribution in [-0.2, 0) is 4.79 Å². The molecule has 2 rings (SSSR count). The molecule has 0 saturated heterocycles. The zero-order valence-electron chi connectivity index (χ0n) is 11.8. The van der Waals surface area contributed by atoms with Gasteiger partial charge in [0, 0.05) is 10.7 Å². The first-order valence-electron chi connectivity index (χ1n) is 6.45. The van der Waals surface area contributed by atoms with E-state index in [4.69, 9.17) is 21.1 Å². The van der Waals surface area contributed by atoms with E-state index in [9.17, 15) is 4.79 Å². The predicted octanol–water partition coefficient (Wildman–Crippen LogP) is 3.75. The third-order valence-corrected chi connectivity index (χ3v) is 3.11. The number of halogens is 1. The Morgan fingerprint density at radius 1 is 1.05 bits per heavy atom. The number of hydrogen-bond acceptors (Lipinski definition) is 3. The summed E-state index contributed by atoms with van der Waals surface area (Å²) in [5.74, 6) is 1.11. The molecule has 0 heterocycles. The average molecular weight is 306 g/mol. The zero-order chi connectivity index (χ0) is 15.2. The molecule has 4 nitrogen and oxygen atoms in total. The molecule has 1 atom stereocenters. The number of amides is 1. The van der Waals surface area contributed by atoms with Gasteiger partial charge in [0.25, 0.3) is 5.91 Å². The third kappa shape index (κ3) is 4.39. The van der Waals surface area contributed by atoms with Crippen LogP contribution in [0.3, 0.4) is 0 Å². The molecular weight excluding hydrogens is 290 g/mol. The van der Waals surface area contributed by atoms with E-state index in [0.29, 0.717) is 16.5 Å². The van der Waals surface area contributed by atoms with Gasteiger partial charge >= 0.3 is 0 Å². The maximum Gasteiger partial charge on any atom is 0.265 e. The van der Waals surface area contributed by atoms with Crippen molar-refractivity contribution in [1.82, 2.24) is 0 Å². The molecule has 0 bridgehead atoms. The molecule has 5 heteroatoms. The molecule has 2 aromatic rings. The van der Waals surface area contributed by atoms with E-state index in [1.165, 1.54) is 0 Å². The maximum atomic E-state index is 12.0. The maximum absolute atomic E-state index is 12.0. The Hall–Kier alpha value is -2.20. The Balaban J connectivity index is 1.93. The largest absolute Gasteiger partial charge is 0.497 e. The lowest BCUT2D eigenvalue weighted by molar-refractivity contribution is -0.122. The van der Waals surface area contributed by atoms with Gasteiger partial charge in [0.2, 0.25) is 0 Å². The molecule has 0 aliphatic carbocycles. The van der Waals surface area contributed by atoms with Gasteiger partial charge in [0.05, 0.1) is 7.11 Å². The summed E-state index contributed by atoms with van der Waals surface area (Å²) in [5.41, 5.74) is 0.676. The summed E-state index contributed by atoms with van der Waals surface area (Å²) in [7, 11) is 1.60. The van der Waals surface area contributed by atoms with Gasteiger partial charge in [-0.2, -0.15) is 0 Å². The van der Waals surface area contributed by atoms with Crippen LogP contribution in [0, 0.1) is 0 Å². The van der Waals surface area contributed by atoms with Gasteiger partial charge in [-0.25, -0.2) is 0 Å². The van der Waals surface area contributed by atoms with E-state index >= 15 is 0 Å². The molecule has 0 unspecified atom stereocenters. The lowest BCUT2D eigenvalue weighted by Crippen LogP contribution is -2.30. The summed E-state index contributed by atoms with van der Waals surface area (Å²) in [6.07, 6.45) is -0.617. The van der Waals surface area contributed by atoms with Crippen LogP contribution >= 0.6 is 11.6 Å². The highest BCUT2D eigenvalue weighted by Gasteiger charge is 2.14. The van der Waals surface area contributed by atoms with Crippen molar-refractivity contribution < 1.29 is 14.3 Å². The first-order chi connectivity index (χ1) is 10.1. The smallest absolute Gasteiger partial charge is 0.265 e. The fourth-order valence-corrected chi connectivity index (χ4v) is 1.82. The molecule has 2 aromatic carbocycles. The topological polar surface area (TPSA) is 47.6 Å². The van der Waals surface area contributed by atoms with Crippen LogP contribution < -0.4 is 14.8 Å². The molecule has 0 spiro atoms. The number of carbonyl (C=O) groups excluding carboxylic acids is 1. The quantitative estimate of drug-likeness (QED) is 0.915. The molecule has 21 heavy (non-hydrogen) atoms. The highest BCUT2D eigenvalue weighted by atomic mass is 35.5. The Kier molecular flexibility index (Phi) is 5.06. The van der Waals surface area contributed by atoms with E-state index in [1.807, 2.05) is 0 Å². The number of anilines is 1. The highest BCUT2D eigenvalue weighted by molar-refractivity contribution is 6.30.